The Kier molecular flexibility index (Phi) is 6.11. The van der Waals surface area contributed by atoms with E-state index in [0.29, 0.717) is 11.6 Å². The molecule has 3 rings (SSSR count). The van der Waals surface area contributed by atoms with E-state index in [1.54, 1.807) is 30.5 Å². The van der Waals surface area contributed by atoms with E-state index in [4.69, 9.17) is 0 Å². The number of hydrogen-bond donors (Lipinski definition) is 2. The number of rotatable bonds is 4. The fourth-order valence-electron chi connectivity index (χ4n) is 2.86. The number of aromatic nitrogens is 2. The number of nitrogens with zero attached hydrogens (tertiary/aromatic N) is 3. The molecule has 1 aliphatic heterocycles. The topological polar surface area (TPSA) is 102 Å². The maximum absolute atomic E-state index is 12.4. The number of benzene rings is 1. The highest BCUT2D eigenvalue weighted by molar-refractivity contribution is 5.92. The van der Waals surface area contributed by atoms with Gasteiger partial charge in [0, 0.05) is 18.3 Å². The molecule has 2 aromatic rings. The fraction of sp³-hybridized carbons (Fsp3) is 0.375. The van der Waals surface area contributed by atoms with Crippen LogP contribution in [0.3, 0.4) is 0 Å². The number of carbonyl (C=O) groups is 1. The second kappa shape index (κ2) is 8.09. The van der Waals surface area contributed by atoms with E-state index in [9.17, 15) is 14.9 Å². The smallest absolute Gasteiger partial charge is 0.294 e. The summed E-state index contributed by atoms with van der Waals surface area (Å²) in [4.78, 5) is 23.0. The molecule has 0 spiro atoms. The standard InChI is InChI=1S/C16H19N5O3.ClH/c1-11-10-17-8-6-12(11)18-16(22)13-7-9-20(19-13)14-4-2-3-5-15(14)21(23)24;/h2-5,7,9,11-12,17H,6,8,10H2,1H3,(H,18,22);1H. The molecule has 2 atom stereocenters. The van der Waals surface area contributed by atoms with Crippen LogP contribution in [0.5, 0.6) is 0 Å². The second-order valence-corrected chi connectivity index (χ2v) is 5.94. The molecule has 0 saturated carbocycles. The Hall–Kier alpha value is -2.45. The van der Waals surface area contributed by atoms with Crippen LogP contribution in [0, 0.1) is 16.0 Å². The second-order valence-electron chi connectivity index (χ2n) is 5.94. The highest BCUT2D eigenvalue weighted by atomic mass is 35.5. The number of para-hydroxylation sites is 2. The van der Waals surface area contributed by atoms with Gasteiger partial charge in [-0.25, -0.2) is 4.68 Å². The predicted octanol–water partition coefficient (Wildman–Crippen LogP) is 1.93. The van der Waals surface area contributed by atoms with Crippen LogP contribution >= 0.6 is 12.4 Å². The molecule has 8 nitrogen and oxygen atoms in total. The minimum atomic E-state index is -0.465. The van der Waals surface area contributed by atoms with Crippen molar-refractivity contribution in [2.45, 2.75) is 19.4 Å². The lowest BCUT2D eigenvalue weighted by Gasteiger charge is -2.29. The number of amides is 1. The molecule has 1 fully saturated rings. The van der Waals surface area contributed by atoms with Crippen molar-refractivity contribution in [2.24, 2.45) is 5.92 Å². The largest absolute Gasteiger partial charge is 0.348 e. The van der Waals surface area contributed by atoms with Gasteiger partial charge >= 0.3 is 0 Å². The van der Waals surface area contributed by atoms with Crippen LogP contribution in [0.15, 0.2) is 36.5 Å². The molecule has 2 unspecified atom stereocenters. The first-order chi connectivity index (χ1) is 11.6. The molecule has 1 saturated heterocycles. The van der Waals surface area contributed by atoms with Gasteiger partial charge in [-0.05, 0) is 37.6 Å². The maximum Gasteiger partial charge on any atom is 0.294 e. The molecule has 25 heavy (non-hydrogen) atoms. The van der Waals surface area contributed by atoms with Crippen molar-refractivity contribution in [3.8, 4) is 5.69 Å². The molecule has 2 heterocycles. The van der Waals surface area contributed by atoms with Crippen molar-refractivity contribution in [1.82, 2.24) is 20.4 Å². The maximum atomic E-state index is 12.4. The lowest BCUT2D eigenvalue weighted by atomic mass is 9.95. The highest BCUT2D eigenvalue weighted by Gasteiger charge is 2.24. The van der Waals surface area contributed by atoms with E-state index in [2.05, 4.69) is 22.7 Å². The lowest BCUT2D eigenvalue weighted by molar-refractivity contribution is -0.384. The van der Waals surface area contributed by atoms with Gasteiger partial charge in [0.15, 0.2) is 5.69 Å². The minimum absolute atomic E-state index is 0. The van der Waals surface area contributed by atoms with Crippen molar-refractivity contribution < 1.29 is 9.72 Å². The summed E-state index contributed by atoms with van der Waals surface area (Å²) in [6.45, 7) is 3.83. The van der Waals surface area contributed by atoms with E-state index in [1.807, 2.05) is 0 Å². The van der Waals surface area contributed by atoms with Gasteiger partial charge in [0.25, 0.3) is 11.6 Å². The Balaban J connectivity index is 0.00000225. The van der Waals surface area contributed by atoms with Crippen LogP contribution in [0.25, 0.3) is 5.69 Å². The Morgan fingerprint density at radius 3 is 2.88 bits per heavy atom. The fourth-order valence-corrected chi connectivity index (χ4v) is 2.86. The summed E-state index contributed by atoms with van der Waals surface area (Å²) >= 11 is 0. The van der Waals surface area contributed by atoms with Gasteiger partial charge in [-0.3, -0.25) is 14.9 Å². The SMILES string of the molecule is CC1CNCCC1NC(=O)c1ccn(-c2ccccc2[N+](=O)[O-])n1.Cl. The summed E-state index contributed by atoms with van der Waals surface area (Å²) in [6, 6.07) is 7.97. The Morgan fingerprint density at radius 2 is 2.16 bits per heavy atom. The van der Waals surface area contributed by atoms with Gasteiger partial charge in [-0.2, -0.15) is 5.10 Å². The first kappa shape index (κ1) is 18.9. The Bertz CT molecular complexity index is 764. The van der Waals surface area contributed by atoms with Crippen molar-refractivity contribution in [3.05, 3.63) is 52.3 Å². The van der Waals surface area contributed by atoms with Crippen molar-refractivity contribution >= 4 is 24.0 Å². The number of halogens is 1. The van der Waals surface area contributed by atoms with E-state index in [0.717, 1.165) is 19.5 Å². The molecular weight excluding hydrogens is 346 g/mol. The molecule has 9 heteroatoms. The zero-order chi connectivity index (χ0) is 17.1. The third-order valence-corrected chi connectivity index (χ3v) is 4.25. The van der Waals surface area contributed by atoms with Crippen molar-refractivity contribution in [1.29, 1.82) is 0 Å². The lowest BCUT2D eigenvalue weighted by Crippen LogP contribution is -2.48. The molecular formula is C16H20ClN5O3. The summed E-state index contributed by atoms with van der Waals surface area (Å²) in [7, 11) is 0. The minimum Gasteiger partial charge on any atom is -0.348 e. The predicted molar refractivity (Wildman–Crippen MR) is 95.4 cm³/mol. The van der Waals surface area contributed by atoms with E-state index >= 15 is 0 Å². The van der Waals surface area contributed by atoms with E-state index in [-0.39, 0.29) is 35.7 Å². The molecule has 1 aromatic carbocycles. The zero-order valence-corrected chi connectivity index (χ0v) is 14.5. The number of nitro groups is 1. The van der Waals surface area contributed by atoms with Crippen LogP contribution < -0.4 is 10.6 Å². The van der Waals surface area contributed by atoms with Gasteiger partial charge in [0.05, 0.1) is 4.92 Å². The van der Waals surface area contributed by atoms with E-state index < -0.39 is 4.92 Å². The normalized spacial score (nSPS) is 19.7. The molecule has 0 aliphatic carbocycles. The van der Waals surface area contributed by atoms with E-state index in [1.165, 1.54) is 10.7 Å². The first-order valence-electron chi connectivity index (χ1n) is 7.87. The highest BCUT2D eigenvalue weighted by Crippen LogP contribution is 2.21. The Labute approximate surface area is 151 Å². The third kappa shape index (κ3) is 4.15. The van der Waals surface area contributed by atoms with Gasteiger partial charge in [-0.1, -0.05) is 19.1 Å². The molecule has 1 aromatic heterocycles. The number of nitrogens with one attached hydrogen (secondary N) is 2. The Morgan fingerprint density at radius 1 is 1.40 bits per heavy atom. The summed E-state index contributed by atoms with van der Waals surface area (Å²) in [5.41, 5.74) is 0.523. The monoisotopic (exact) mass is 365 g/mol. The molecule has 2 N–H and O–H groups in total. The van der Waals surface area contributed by atoms with Gasteiger partial charge < -0.3 is 10.6 Å². The van der Waals surface area contributed by atoms with Gasteiger partial charge in [0.1, 0.15) is 5.69 Å². The molecule has 1 aliphatic rings. The summed E-state index contributed by atoms with van der Waals surface area (Å²) in [6.07, 6.45) is 2.43. The van der Waals surface area contributed by atoms with Crippen LogP contribution in [0.4, 0.5) is 5.69 Å². The van der Waals surface area contributed by atoms with Crippen LogP contribution in [-0.4, -0.2) is 39.7 Å². The number of nitro benzene ring substituents is 1. The van der Waals surface area contributed by atoms with Crippen molar-refractivity contribution in [3.63, 3.8) is 0 Å². The molecule has 134 valence electrons. The van der Waals surface area contributed by atoms with Gasteiger partial charge in [-0.15, -0.1) is 12.4 Å². The molecule has 0 bridgehead atoms. The summed E-state index contributed by atoms with van der Waals surface area (Å²) in [5, 5.41) is 21.6. The number of hydrogen-bond acceptors (Lipinski definition) is 5. The quantitative estimate of drug-likeness (QED) is 0.636. The zero-order valence-electron chi connectivity index (χ0n) is 13.7. The average Bonchev–Trinajstić information content (AvgIpc) is 3.07. The van der Waals surface area contributed by atoms with Crippen LogP contribution in [-0.2, 0) is 0 Å². The van der Waals surface area contributed by atoms with Crippen LogP contribution in [0.2, 0.25) is 0 Å². The summed E-state index contributed by atoms with van der Waals surface area (Å²) < 4.78 is 1.36. The number of piperidine rings is 1. The van der Waals surface area contributed by atoms with Crippen LogP contribution in [0.1, 0.15) is 23.8 Å². The van der Waals surface area contributed by atoms with Gasteiger partial charge in [0.2, 0.25) is 0 Å². The van der Waals surface area contributed by atoms with Crippen molar-refractivity contribution in [2.75, 3.05) is 13.1 Å². The molecule has 0 radical (unpaired) electrons. The third-order valence-electron chi connectivity index (χ3n) is 4.25. The summed E-state index contributed by atoms with van der Waals surface area (Å²) in [5.74, 6) is 0.0890. The average molecular weight is 366 g/mol. The number of carbonyl (C=O) groups excluding carboxylic acids is 1. The first-order valence-corrected chi connectivity index (χ1v) is 7.87. The molecule has 1 amide bonds.